The second kappa shape index (κ2) is 10.9. The molecule has 1 aromatic heterocycles. The SMILES string of the molecule is Cl.O=C(Nc1ccc(COCc2ccccc2)cc1)c1ccn(C2CCCNC2)n1. The average Bonchev–Trinajstić information content (AvgIpc) is 3.27. The molecule has 1 atom stereocenters. The molecule has 2 N–H and O–H groups in total. The zero-order chi connectivity index (χ0) is 19.9. The molecule has 3 aromatic rings. The molecule has 6 nitrogen and oxygen atoms in total. The van der Waals surface area contributed by atoms with Gasteiger partial charge in [-0.25, -0.2) is 0 Å². The number of halogens is 1. The van der Waals surface area contributed by atoms with Crippen molar-refractivity contribution >= 4 is 24.0 Å². The van der Waals surface area contributed by atoms with Gasteiger partial charge >= 0.3 is 0 Å². The summed E-state index contributed by atoms with van der Waals surface area (Å²) in [6.07, 6.45) is 4.11. The van der Waals surface area contributed by atoms with Crippen molar-refractivity contribution in [2.75, 3.05) is 18.4 Å². The van der Waals surface area contributed by atoms with Crippen LogP contribution in [-0.4, -0.2) is 28.8 Å². The highest BCUT2D eigenvalue weighted by molar-refractivity contribution is 6.02. The van der Waals surface area contributed by atoms with E-state index in [4.69, 9.17) is 4.74 Å². The van der Waals surface area contributed by atoms with Crippen LogP contribution in [0.1, 0.15) is 40.5 Å². The molecular weight excluding hydrogens is 400 g/mol. The van der Waals surface area contributed by atoms with Crippen LogP contribution in [0.15, 0.2) is 66.9 Å². The van der Waals surface area contributed by atoms with E-state index in [1.54, 1.807) is 6.07 Å². The average molecular weight is 427 g/mol. The number of aromatic nitrogens is 2. The molecule has 0 aliphatic carbocycles. The van der Waals surface area contributed by atoms with E-state index in [2.05, 4.69) is 15.7 Å². The molecule has 4 rings (SSSR count). The third-order valence-electron chi connectivity index (χ3n) is 5.08. The fourth-order valence-corrected chi connectivity index (χ4v) is 3.46. The molecule has 7 heteroatoms. The van der Waals surface area contributed by atoms with Crippen LogP contribution in [0.2, 0.25) is 0 Å². The Labute approximate surface area is 183 Å². The number of piperidine rings is 1. The molecule has 1 amide bonds. The highest BCUT2D eigenvalue weighted by Crippen LogP contribution is 2.17. The first-order chi connectivity index (χ1) is 14.3. The molecule has 158 valence electrons. The largest absolute Gasteiger partial charge is 0.372 e. The molecule has 0 radical (unpaired) electrons. The van der Waals surface area contributed by atoms with Crippen LogP contribution in [-0.2, 0) is 18.0 Å². The third kappa shape index (κ3) is 5.92. The van der Waals surface area contributed by atoms with Gasteiger partial charge in [-0.15, -0.1) is 12.4 Å². The van der Waals surface area contributed by atoms with Crippen molar-refractivity contribution in [2.24, 2.45) is 0 Å². The van der Waals surface area contributed by atoms with Crippen molar-refractivity contribution in [3.8, 4) is 0 Å². The van der Waals surface area contributed by atoms with Crippen molar-refractivity contribution in [3.63, 3.8) is 0 Å². The van der Waals surface area contributed by atoms with Gasteiger partial charge in [0.2, 0.25) is 0 Å². The normalized spacial score (nSPS) is 15.9. The van der Waals surface area contributed by atoms with Gasteiger partial charge in [0, 0.05) is 18.4 Å². The first-order valence-corrected chi connectivity index (χ1v) is 10.1. The van der Waals surface area contributed by atoms with Crippen LogP contribution < -0.4 is 10.6 Å². The Bertz CT molecular complexity index is 922. The Morgan fingerprint density at radius 3 is 2.50 bits per heavy atom. The molecule has 0 bridgehead atoms. The first-order valence-electron chi connectivity index (χ1n) is 10.1. The van der Waals surface area contributed by atoms with E-state index >= 15 is 0 Å². The molecule has 2 aromatic carbocycles. The molecule has 0 spiro atoms. The fraction of sp³-hybridized carbons (Fsp3) is 0.304. The summed E-state index contributed by atoms with van der Waals surface area (Å²) in [5.74, 6) is -0.194. The minimum absolute atomic E-state index is 0. The Hall–Kier alpha value is -2.67. The summed E-state index contributed by atoms with van der Waals surface area (Å²) in [4.78, 5) is 12.5. The number of carbonyl (C=O) groups is 1. The number of benzene rings is 2. The van der Waals surface area contributed by atoms with Gasteiger partial charge in [0.15, 0.2) is 5.69 Å². The van der Waals surface area contributed by atoms with E-state index in [0.29, 0.717) is 24.9 Å². The summed E-state index contributed by atoms with van der Waals surface area (Å²) in [6.45, 7) is 3.07. The van der Waals surface area contributed by atoms with Gasteiger partial charge in [-0.3, -0.25) is 9.48 Å². The van der Waals surface area contributed by atoms with Gasteiger partial charge in [0.1, 0.15) is 0 Å². The fourth-order valence-electron chi connectivity index (χ4n) is 3.46. The zero-order valence-corrected chi connectivity index (χ0v) is 17.6. The lowest BCUT2D eigenvalue weighted by atomic mass is 10.1. The van der Waals surface area contributed by atoms with E-state index in [-0.39, 0.29) is 18.3 Å². The molecule has 0 saturated carbocycles. The maximum atomic E-state index is 12.5. The van der Waals surface area contributed by atoms with Gasteiger partial charge in [0.25, 0.3) is 5.91 Å². The summed E-state index contributed by atoms with van der Waals surface area (Å²) in [6, 6.07) is 19.9. The molecular formula is C23H27ClN4O2. The maximum absolute atomic E-state index is 12.5. The van der Waals surface area contributed by atoms with E-state index in [0.717, 1.165) is 42.7 Å². The van der Waals surface area contributed by atoms with E-state index < -0.39 is 0 Å². The van der Waals surface area contributed by atoms with Crippen LogP contribution in [0.25, 0.3) is 0 Å². The number of hydrogen-bond acceptors (Lipinski definition) is 4. The van der Waals surface area contributed by atoms with Crippen LogP contribution >= 0.6 is 12.4 Å². The molecule has 30 heavy (non-hydrogen) atoms. The van der Waals surface area contributed by atoms with Crippen molar-refractivity contribution < 1.29 is 9.53 Å². The Kier molecular flexibility index (Phi) is 8.02. The van der Waals surface area contributed by atoms with Crippen molar-refractivity contribution in [2.45, 2.75) is 32.1 Å². The number of carbonyl (C=O) groups excluding carboxylic acids is 1. The Morgan fingerprint density at radius 2 is 1.80 bits per heavy atom. The zero-order valence-electron chi connectivity index (χ0n) is 16.8. The highest BCUT2D eigenvalue weighted by Gasteiger charge is 2.17. The number of rotatable bonds is 7. The van der Waals surface area contributed by atoms with Crippen molar-refractivity contribution in [3.05, 3.63) is 83.7 Å². The van der Waals surface area contributed by atoms with Gasteiger partial charge in [-0.1, -0.05) is 42.5 Å². The second-order valence-corrected chi connectivity index (χ2v) is 7.31. The molecule has 1 saturated heterocycles. The summed E-state index contributed by atoms with van der Waals surface area (Å²) < 4.78 is 7.65. The second-order valence-electron chi connectivity index (χ2n) is 7.31. The minimum atomic E-state index is -0.194. The standard InChI is InChI=1S/C23H26N4O2.ClH/c28-23(22-12-14-27(26-22)21-7-4-13-24-15-21)25-20-10-8-19(9-11-20)17-29-16-18-5-2-1-3-6-18;/h1-3,5-6,8-12,14,21,24H,4,7,13,15-17H2,(H,25,28);1H. The minimum Gasteiger partial charge on any atom is -0.372 e. The topological polar surface area (TPSA) is 68.2 Å². The summed E-state index contributed by atoms with van der Waals surface area (Å²) in [7, 11) is 0. The lowest BCUT2D eigenvalue weighted by Crippen LogP contribution is -2.32. The number of nitrogens with one attached hydrogen (secondary N) is 2. The van der Waals surface area contributed by atoms with E-state index in [1.807, 2.05) is 65.5 Å². The number of ether oxygens (including phenoxy) is 1. The van der Waals surface area contributed by atoms with Gasteiger partial charge in [-0.05, 0) is 48.7 Å². The summed E-state index contributed by atoms with van der Waals surface area (Å²) in [5.41, 5.74) is 3.40. The van der Waals surface area contributed by atoms with Crippen molar-refractivity contribution in [1.82, 2.24) is 15.1 Å². The number of amides is 1. The van der Waals surface area contributed by atoms with Crippen LogP contribution in [0.4, 0.5) is 5.69 Å². The molecule has 1 aliphatic rings. The highest BCUT2D eigenvalue weighted by atomic mass is 35.5. The predicted octanol–water partition coefficient (Wildman–Crippen LogP) is 4.20. The van der Waals surface area contributed by atoms with Gasteiger partial charge in [0.05, 0.1) is 19.3 Å². The van der Waals surface area contributed by atoms with E-state index in [9.17, 15) is 4.79 Å². The van der Waals surface area contributed by atoms with Gasteiger partial charge in [-0.2, -0.15) is 5.10 Å². The monoisotopic (exact) mass is 426 g/mol. The summed E-state index contributed by atoms with van der Waals surface area (Å²) >= 11 is 0. The molecule has 2 heterocycles. The van der Waals surface area contributed by atoms with Crippen LogP contribution in [0.3, 0.4) is 0 Å². The number of nitrogens with zero attached hydrogens (tertiary/aromatic N) is 2. The summed E-state index contributed by atoms with van der Waals surface area (Å²) in [5, 5.41) is 10.7. The van der Waals surface area contributed by atoms with Crippen LogP contribution in [0, 0.1) is 0 Å². The smallest absolute Gasteiger partial charge is 0.276 e. The Morgan fingerprint density at radius 1 is 1.07 bits per heavy atom. The number of hydrogen-bond donors (Lipinski definition) is 2. The lowest BCUT2D eigenvalue weighted by molar-refractivity contribution is 0.102. The maximum Gasteiger partial charge on any atom is 0.276 e. The predicted molar refractivity (Wildman–Crippen MR) is 120 cm³/mol. The first kappa shape index (κ1) is 22.0. The Balaban J connectivity index is 0.00000256. The third-order valence-corrected chi connectivity index (χ3v) is 5.08. The molecule has 1 fully saturated rings. The quantitative estimate of drug-likeness (QED) is 0.594. The van der Waals surface area contributed by atoms with Crippen molar-refractivity contribution in [1.29, 1.82) is 0 Å². The number of anilines is 1. The molecule has 1 unspecified atom stereocenters. The lowest BCUT2D eigenvalue weighted by Gasteiger charge is -2.22. The molecule has 1 aliphatic heterocycles. The van der Waals surface area contributed by atoms with Crippen LogP contribution in [0.5, 0.6) is 0 Å². The van der Waals surface area contributed by atoms with Gasteiger partial charge < -0.3 is 15.4 Å². The van der Waals surface area contributed by atoms with E-state index in [1.165, 1.54) is 0 Å².